The third kappa shape index (κ3) is 4.32. The van der Waals surface area contributed by atoms with Gasteiger partial charge in [0, 0.05) is 0 Å². The van der Waals surface area contributed by atoms with Gasteiger partial charge in [0.05, 0.1) is 0 Å². The van der Waals surface area contributed by atoms with E-state index in [2.05, 4.69) is 86.3 Å². The van der Waals surface area contributed by atoms with Crippen LogP contribution in [0.4, 0.5) is 0 Å². The van der Waals surface area contributed by atoms with Gasteiger partial charge in [-0.05, 0) is 46.2 Å². The Kier molecular flexibility index (Phi) is 6.44. The third-order valence-corrected chi connectivity index (χ3v) is 4.91. The number of unbranched alkanes of at least 4 members (excludes halogenated alkanes) is 3. The van der Waals surface area contributed by atoms with Crippen molar-refractivity contribution in [1.29, 1.82) is 0 Å². The van der Waals surface area contributed by atoms with Gasteiger partial charge in [0.25, 0.3) is 0 Å². The lowest BCUT2D eigenvalue weighted by Crippen LogP contribution is -1.94. The summed E-state index contributed by atoms with van der Waals surface area (Å²) in [5.74, 6) is 0. The molecule has 0 saturated carbocycles. The predicted octanol–water partition coefficient (Wildman–Crippen LogP) is 7.79. The van der Waals surface area contributed by atoms with Gasteiger partial charge in [-0.2, -0.15) is 0 Å². The Labute approximate surface area is 158 Å². The van der Waals surface area contributed by atoms with E-state index in [9.17, 15) is 0 Å². The van der Waals surface area contributed by atoms with Gasteiger partial charge in [-0.3, -0.25) is 0 Å². The number of benzene rings is 3. The Morgan fingerprint density at radius 2 is 1.42 bits per heavy atom. The predicted molar refractivity (Wildman–Crippen MR) is 115 cm³/mol. The molecule has 3 rings (SSSR count). The maximum atomic E-state index is 4.10. The molecule has 0 aliphatic rings. The molecule has 0 fully saturated rings. The van der Waals surface area contributed by atoms with E-state index in [1.807, 2.05) is 6.08 Å². The molecule has 0 saturated heterocycles. The summed E-state index contributed by atoms with van der Waals surface area (Å²) in [4.78, 5) is 0. The van der Waals surface area contributed by atoms with Crippen molar-refractivity contribution in [3.63, 3.8) is 0 Å². The second-order valence-corrected chi connectivity index (χ2v) is 6.85. The van der Waals surface area contributed by atoms with Crippen LogP contribution in [-0.2, 0) is 6.42 Å². The lowest BCUT2D eigenvalue weighted by Gasteiger charge is -2.16. The molecular weight excluding hydrogens is 312 g/mol. The van der Waals surface area contributed by atoms with Crippen LogP contribution in [0.3, 0.4) is 0 Å². The van der Waals surface area contributed by atoms with Crippen molar-refractivity contribution in [2.24, 2.45) is 0 Å². The third-order valence-electron chi connectivity index (χ3n) is 4.91. The van der Waals surface area contributed by atoms with Crippen molar-refractivity contribution < 1.29 is 0 Å². The fourth-order valence-corrected chi connectivity index (χ4v) is 3.56. The van der Waals surface area contributed by atoms with Crippen molar-refractivity contribution in [1.82, 2.24) is 0 Å². The highest BCUT2D eigenvalue weighted by atomic mass is 14.2. The summed E-state index contributed by atoms with van der Waals surface area (Å²) < 4.78 is 0. The first-order chi connectivity index (χ1) is 12.8. The van der Waals surface area contributed by atoms with E-state index >= 15 is 0 Å². The summed E-state index contributed by atoms with van der Waals surface area (Å²) in [7, 11) is 0. The quantitative estimate of drug-likeness (QED) is 0.367. The van der Waals surface area contributed by atoms with Crippen LogP contribution in [0.2, 0.25) is 0 Å². The molecule has 0 atom stereocenters. The molecule has 0 nitrogen and oxygen atoms in total. The summed E-state index contributed by atoms with van der Waals surface area (Å²) in [5, 5.41) is 0. The molecule has 0 heteroatoms. The van der Waals surface area contributed by atoms with E-state index in [0.717, 1.165) is 6.42 Å². The zero-order chi connectivity index (χ0) is 18.2. The molecule has 0 heterocycles. The van der Waals surface area contributed by atoms with Gasteiger partial charge in [-0.25, -0.2) is 0 Å². The summed E-state index contributed by atoms with van der Waals surface area (Å²) in [6.45, 7) is 6.36. The molecule has 0 aliphatic heterocycles. The van der Waals surface area contributed by atoms with Crippen molar-refractivity contribution in [2.75, 3.05) is 0 Å². The van der Waals surface area contributed by atoms with Crippen LogP contribution in [0.1, 0.15) is 43.7 Å². The van der Waals surface area contributed by atoms with Gasteiger partial charge in [0.15, 0.2) is 0 Å². The van der Waals surface area contributed by atoms with Crippen molar-refractivity contribution in [2.45, 2.75) is 39.0 Å². The maximum Gasteiger partial charge on any atom is -0.00329 e. The molecule has 0 bridgehead atoms. The fraction of sp³-hybridized carbons (Fsp3) is 0.231. The van der Waals surface area contributed by atoms with Gasteiger partial charge in [0.2, 0.25) is 0 Å². The zero-order valence-corrected chi connectivity index (χ0v) is 15.7. The molecule has 0 spiro atoms. The number of hydrogen-bond acceptors (Lipinski definition) is 0. The summed E-state index contributed by atoms with van der Waals surface area (Å²) >= 11 is 0. The Balaban J connectivity index is 2.09. The molecule has 0 unspecified atom stereocenters. The molecule has 0 aromatic heterocycles. The second-order valence-electron chi connectivity index (χ2n) is 6.85. The highest BCUT2D eigenvalue weighted by Crippen LogP contribution is 2.37. The highest BCUT2D eigenvalue weighted by molar-refractivity contribution is 5.89. The molecular formula is C26H28. The smallest absolute Gasteiger partial charge is 0.00329 e. The largest absolute Gasteiger partial charge is 0.0984 e. The van der Waals surface area contributed by atoms with Crippen LogP contribution in [-0.4, -0.2) is 0 Å². The van der Waals surface area contributed by atoms with E-state index < -0.39 is 0 Å². The lowest BCUT2D eigenvalue weighted by atomic mass is 9.87. The maximum absolute atomic E-state index is 4.10. The average Bonchev–Trinajstić information content (AvgIpc) is 2.72. The summed E-state index contributed by atoms with van der Waals surface area (Å²) in [5.41, 5.74) is 7.74. The molecule has 0 aliphatic carbocycles. The zero-order valence-electron chi connectivity index (χ0n) is 15.7. The van der Waals surface area contributed by atoms with E-state index in [1.54, 1.807) is 0 Å². The van der Waals surface area contributed by atoms with E-state index in [1.165, 1.54) is 59.1 Å². The molecule has 3 aromatic rings. The first-order valence-corrected chi connectivity index (χ1v) is 9.73. The Hall–Kier alpha value is -2.60. The first-order valence-electron chi connectivity index (χ1n) is 9.73. The van der Waals surface area contributed by atoms with Crippen molar-refractivity contribution >= 4 is 6.08 Å². The fourth-order valence-electron chi connectivity index (χ4n) is 3.56. The Morgan fingerprint density at radius 3 is 2.04 bits per heavy atom. The number of rotatable bonds is 8. The SMILES string of the molecule is C=Cc1cc(CCCCCC)cc(-c2ccccc2)c1-c1ccccc1. The molecule has 0 amide bonds. The highest BCUT2D eigenvalue weighted by Gasteiger charge is 2.13. The van der Waals surface area contributed by atoms with Gasteiger partial charge >= 0.3 is 0 Å². The number of hydrogen-bond donors (Lipinski definition) is 0. The van der Waals surface area contributed by atoms with Gasteiger partial charge in [0.1, 0.15) is 0 Å². The normalized spacial score (nSPS) is 10.7. The number of aryl methyl sites for hydroxylation is 1. The topological polar surface area (TPSA) is 0 Å². The molecule has 26 heavy (non-hydrogen) atoms. The van der Waals surface area contributed by atoms with Gasteiger partial charge < -0.3 is 0 Å². The summed E-state index contributed by atoms with van der Waals surface area (Å²) in [6.07, 6.45) is 8.30. The van der Waals surface area contributed by atoms with Crippen molar-refractivity contribution in [3.05, 3.63) is 90.5 Å². The average molecular weight is 341 g/mol. The van der Waals surface area contributed by atoms with Crippen LogP contribution < -0.4 is 0 Å². The standard InChI is InChI=1S/C26H28/c1-3-5-6-9-14-21-19-22(4-2)26(24-17-12-8-13-18-24)25(20-21)23-15-10-7-11-16-23/h4,7-8,10-13,15-20H,2-3,5-6,9,14H2,1H3. The molecule has 3 aromatic carbocycles. The van der Waals surface area contributed by atoms with Crippen LogP contribution in [0, 0.1) is 0 Å². The van der Waals surface area contributed by atoms with E-state index in [0.29, 0.717) is 0 Å². The monoisotopic (exact) mass is 340 g/mol. The van der Waals surface area contributed by atoms with Crippen molar-refractivity contribution in [3.8, 4) is 22.3 Å². The Morgan fingerprint density at radius 1 is 0.769 bits per heavy atom. The van der Waals surface area contributed by atoms with Gasteiger partial charge in [-0.15, -0.1) is 0 Å². The van der Waals surface area contributed by atoms with E-state index in [-0.39, 0.29) is 0 Å². The van der Waals surface area contributed by atoms with Crippen LogP contribution in [0.15, 0.2) is 79.4 Å². The van der Waals surface area contributed by atoms with Crippen LogP contribution in [0.5, 0.6) is 0 Å². The van der Waals surface area contributed by atoms with Crippen LogP contribution in [0.25, 0.3) is 28.3 Å². The van der Waals surface area contributed by atoms with Gasteiger partial charge in [-0.1, -0.05) is 112 Å². The molecule has 0 N–H and O–H groups in total. The first kappa shape index (κ1) is 18.2. The molecule has 0 radical (unpaired) electrons. The summed E-state index contributed by atoms with van der Waals surface area (Å²) in [6, 6.07) is 26.1. The minimum atomic E-state index is 1.13. The Bertz CT molecular complexity index is 829. The molecule has 132 valence electrons. The minimum absolute atomic E-state index is 1.13. The lowest BCUT2D eigenvalue weighted by molar-refractivity contribution is 0.667. The second kappa shape index (κ2) is 9.20. The van der Waals surface area contributed by atoms with E-state index in [4.69, 9.17) is 0 Å². The minimum Gasteiger partial charge on any atom is -0.0984 e. The van der Waals surface area contributed by atoms with Crippen LogP contribution >= 0.6 is 0 Å².